The van der Waals surface area contributed by atoms with E-state index in [4.69, 9.17) is 4.74 Å². The summed E-state index contributed by atoms with van der Waals surface area (Å²) < 4.78 is 29.7. The molecular formula is C9H14N2O4S. The molecule has 1 aromatic heterocycles. The molecule has 0 aliphatic carbocycles. The van der Waals surface area contributed by atoms with Crippen molar-refractivity contribution in [3.63, 3.8) is 0 Å². The zero-order valence-electron chi connectivity index (χ0n) is 9.21. The Bertz CT molecular complexity index is 464. The molecule has 6 nitrogen and oxygen atoms in total. The Morgan fingerprint density at radius 2 is 2.25 bits per heavy atom. The molecule has 0 unspecified atom stereocenters. The monoisotopic (exact) mass is 246 g/mol. The van der Waals surface area contributed by atoms with Crippen LogP contribution in [0.5, 0.6) is 0 Å². The van der Waals surface area contributed by atoms with E-state index in [1.165, 1.54) is 24.9 Å². The van der Waals surface area contributed by atoms with Crippen molar-refractivity contribution in [2.24, 2.45) is 0 Å². The summed E-state index contributed by atoms with van der Waals surface area (Å²) in [5, 5.41) is 3.84. The van der Waals surface area contributed by atoms with E-state index in [9.17, 15) is 13.2 Å². The first-order chi connectivity index (χ1) is 7.56. The van der Waals surface area contributed by atoms with Gasteiger partial charge in [0.15, 0.2) is 21.1 Å². The van der Waals surface area contributed by atoms with Crippen LogP contribution in [0.2, 0.25) is 0 Å². The molecule has 0 bridgehead atoms. The highest BCUT2D eigenvalue weighted by Gasteiger charge is 2.22. The van der Waals surface area contributed by atoms with Gasteiger partial charge in [0, 0.05) is 7.11 Å². The number of ether oxygens (including phenoxy) is 1. The topological polar surface area (TPSA) is 78.3 Å². The van der Waals surface area contributed by atoms with E-state index in [1.807, 2.05) is 0 Å². The third-order valence-electron chi connectivity index (χ3n) is 2.13. The van der Waals surface area contributed by atoms with Crippen LogP contribution in [0.25, 0.3) is 0 Å². The van der Waals surface area contributed by atoms with Crippen molar-refractivity contribution >= 4 is 16.1 Å². The summed E-state index contributed by atoms with van der Waals surface area (Å²) >= 11 is 0. The lowest BCUT2D eigenvalue weighted by Crippen LogP contribution is -2.16. The standard InChI is InChI=1S/C9H14N2O4S/c1-3-16(13,14)9-8(7-12)6-10-11(9)4-5-15-2/h6-7H,3-5H2,1-2H3. The number of nitrogens with zero attached hydrogens (tertiary/aromatic N) is 2. The first-order valence-electron chi connectivity index (χ1n) is 4.79. The van der Waals surface area contributed by atoms with Crippen LogP contribution in [-0.4, -0.2) is 44.0 Å². The van der Waals surface area contributed by atoms with Gasteiger partial charge in [0.05, 0.1) is 30.7 Å². The fourth-order valence-electron chi connectivity index (χ4n) is 1.28. The molecule has 1 heterocycles. The van der Waals surface area contributed by atoms with Gasteiger partial charge >= 0.3 is 0 Å². The Kier molecular flexibility index (Phi) is 4.19. The van der Waals surface area contributed by atoms with Gasteiger partial charge in [0.1, 0.15) is 0 Å². The number of methoxy groups -OCH3 is 1. The Morgan fingerprint density at radius 3 is 2.75 bits per heavy atom. The molecule has 0 aliphatic heterocycles. The summed E-state index contributed by atoms with van der Waals surface area (Å²) in [6, 6.07) is 0. The Labute approximate surface area is 94.1 Å². The summed E-state index contributed by atoms with van der Waals surface area (Å²) in [6.07, 6.45) is 1.75. The molecule has 0 atom stereocenters. The average molecular weight is 246 g/mol. The maximum absolute atomic E-state index is 11.8. The minimum Gasteiger partial charge on any atom is -0.383 e. The van der Waals surface area contributed by atoms with E-state index in [-0.39, 0.29) is 16.3 Å². The minimum atomic E-state index is -3.45. The summed E-state index contributed by atoms with van der Waals surface area (Å²) in [4.78, 5) is 10.7. The van der Waals surface area contributed by atoms with Crippen LogP contribution in [0, 0.1) is 0 Å². The summed E-state index contributed by atoms with van der Waals surface area (Å²) in [5.74, 6) is -0.0630. The lowest BCUT2D eigenvalue weighted by Gasteiger charge is -2.07. The Hall–Kier alpha value is -1.21. The van der Waals surface area contributed by atoms with Crippen molar-refractivity contribution in [1.82, 2.24) is 9.78 Å². The first-order valence-corrected chi connectivity index (χ1v) is 6.44. The van der Waals surface area contributed by atoms with Gasteiger partial charge in [-0.05, 0) is 0 Å². The third-order valence-corrected chi connectivity index (χ3v) is 3.92. The molecule has 7 heteroatoms. The molecule has 0 saturated heterocycles. The zero-order chi connectivity index (χ0) is 12.2. The summed E-state index contributed by atoms with van der Waals surface area (Å²) in [5.41, 5.74) is 0.0953. The van der Waals surface area contributed by atoms with Crippen molar-refractivity contribution in [2.45, 2.75) is 18.5 Å². The lowest BCUT2D eigenvalue weighted by molar-refractivity contribution is 0.111. The first kappa shape index (κ1) is 12.9. The van der Waals surface area contributed by atoms with Crippen LogP contribution in [0.4, 0.5) is 0 Å². The van der Waals surface area contributed by atoms with Gasteiger partial charge in [-0.2, -0.15) is 5.10 Å². The van der Waals surface area contributed by atoms with Gasteiger partial charge in [0.2, 0.25) is 0 Å². The smallest absolute Gasteiger partial charge is 0.195 e. The number of carbonyl (C=O) groups is 1. The maximum atomic E-state index is 11.8. The summed E-state index contributed by atoms with van der Waals surface area (Å²) in [6.45, 7) is 2.17. The average Bonchev–Trinajstić information content (AvgIpc) is 2.69. The number of aromatic nitrogens is 2. The highest BCUT2D eigenvalue weighted by molar-refractivity contribution is 7.91. The van der Waals surface area contributed by atoms with Crippen molar-refractivity contribution < 1.29 is 17.9 Å². The molecule has 1 aromatic rings. The van der Waals surface area contributed by atoms with Crippen LogP contribution in [-0.2, 0) is 21.1 Å². The lowest BCUT2D eigenvalue weighted by atomic mass is 10.4. The predicted octanol–water partition coefficient (Wildman–Crippen LogP) is 0.136. The van der Waals surface area contributed by atoms with E-state index in [2.05, 4.69) is 5.10 Å². The van der Waals surface area contributed by atoms with E-state index < -0.39 is 9.84 Å². The third kappa shape index (κ3) is 2.48. The second-order valence-corrected chi connectivity index (χ2v) is 5.34. The largest absolute Gasteiger partial charge is 0.383 e. The highest BCUT2D eigenvalue weighted by atomic mass is 32.2. The molecule has 1 rings (SSSR count). The van der Waals surface area contributed by atoms with Crippen LogP contribution >= 0.6 is 0 Å². The van der Waals surface area contributed by atoms with Crippen molar-refractivity contribution in [2.75, 3.05) is 19.5 Å². The minimum absolute atomic E-state index is 0.0259. The van der Waals surface area contributed by atoms with Crippen LogP contribution in [0.3, 0.4) is 0 Å². The quantitative estimate of drug-likeness (QED) is 0.667. The number of aldehydes is 1. The molecule has 0 saturated carbocycles. The summed E-state index contributed by atoms with van der Waals surface area (Å²) in [7, 11) is -1.93. The molecule has 0 amide bonds. The van der Waals surface area contributed by atoms with E-state index in [1.54, 1.807) is 0 Å². The number of sulfone groups is 1. The Morgan fingerprint density at radius 1 is 1.56 bits per heavy atom. The molecule has 90 valence electrons. The van der Waals surface area contributed by atoms with Crippen molar-refractivity contribution in [3.05, 3.63) is 11.8 Å². The fraction of sp³-hybridized carbons (Fsp3) is 0.556. The number of hydrogen-bond donors (Lipinski definition) is 0. The van der Waals surface area contributed by atoms with Gasteiger partial charge in [-0.3, -0.25) is 9.48 Å². The van der Waals surface area contributed by atoms with Crippen LogP contribution < -0.4 is 0 Å². The predicted molar refractivity (Wildman–Crippen MR) is 57.2 cm³/mol. The van der Waals surface area contributed by atoms with E-state index in [0.29, 0.717) is 19.4 Å². The molecule has 0 N–H and O–H groups in total. The molecule has 0 aromatic carbocycles. The van der Waals surface area contributed by atoms with Crippen LogP contribution in [0.15, 0.2) is 11.2 Å². The molecule has 16 heavy (non-hydrogen) atoms. The molecule has 0 spiro atoms. The van der Waals surface area contributed by atoms with Gasteiger partial charge in [0.25, 0.3) is 0 Å². The van der Waals surface area contributed by atoms with Crippen LogP contribution in [0.1, 0.15) is 17.3 Å². The number of rotatable bonds is 6. The van der Waals surface area contributed by atoms with Gasteiger partial charge < -0.3 is 4.74 Å². The van der Waals surface area contributed by atoms with E-state index in [0.717, 1.165) is 0 Å². The molecule has 0 radical (unpaired) electrons. The van der Waals surface area contributed by atoms with Gasteiger partial charge in [-0.15, -0.1) is 0 Å². The normalized spacial score (nSPS) is 11.6. The maximum Gasteiger partial charge on any atom is 0.195 e. The Balaban J connectivity index is 3.21. The number of hydrogen-bond acceptors (Lipinski definition) is 5. The van der Waals surface area contributed by atoms with E-state index >= 15 is 0 Å². The SMILES string of the molecule is CCS(=O)(=O)c1c(C=O)cnn1CCOC. The molecular weight excluding hydrogens is 232 g/mol. The zero-order valence-corrected chi connectivity index (χ0v) is 10.0. The second-order valence-electron chi connectivity index (χ2n) is 3.14. The van der Waals surface area contributed by atoms with Gasteiger partial charge in [-0.1, -0.05) is 6.92 Å². The van der Waals surface area contributed by atoms with Gasteiger partial charge in [-0.25, -0.2) is 8.42 Å². The molecule has 0 aliphatic rings. The number of carbonyl (C=O) groups excluding carboxylic acids is 1. The van der Waals surface area contributed by atoms with Crippen molar-refractivity contribution in [1.29, 1.82) is 0 Å². The van der Waals surface area contributed by atoms with Crippen molar-refractivity contribution in [3.8, 4) is 0 Å². The molecule has 0 fully saturated rings. The fourth-order valence-corrected chi connectivity index (χ4v) is 2.48. The highest BCUT2D eigenvalue weighted by Crippen LogP contribution is 2.15. The second kappa shape index (κ2) is 5.22.